The van der Waals surface area contributed by atoms with E-state index in [-0.39, 0.29) is 5.75 Å². The molecule has 1 N–H and O–H groups in total. The zero-order valence-electron chi connectivity index (χ0n) is 8.30. The van der Waals surface area contributed by atoms with Crippen LogP contribution >= 0.6 is 11.3 Å². The number of rotatable bonds is 3. The Morgan fingerprint density at radius 2 is 2.27 bits per heavy atom. The third-order valence-corrected chi connectivity index (χ3v) is 2.54. The number of phenols is 1. The smallest absolute Gasteiger partial charge is 0.131 e. The van der Waals surface area contributed by atoms with Gasteiger partial charge >= 0.3 is 0 Å². The topological polar surface area (TPSA) is 42.4 Å². The predicted octanol–water partition coefficient (Wildman–Crippen LogP) is 2.74. The van der Waals surface area contributed by atoms with Crippen LogP contribution in [0.5, 0.6) is 11.5 Å². The van der Waals surface area contributed by atoms with Gasteiger partial charge in [0.05, 0.1) is 11.2 Å². The minimum absolute atomic E-state index is 0.225. The van der Waals surface area contributed by atoms with E-state index in [1.54, 1.807) is 29.0 Å². The van der Waals surface area contributed by atoms with Gasteiger partial charge in [-0.2, -0.15) is 0 Å². The summed E-state index contributed by atoms with van der Waals surface area (Å²) in [4.78, 5) is 4.11. The number of hydrogen-bond acceptors (Lipinski definition) is 4. The fraction of sp³-hybridized carbons (Fsp3) is 0.182. The molecule has 0 saturated heterocycles. The second-order valence-corrected chi connectivity index (χ2v) is 3.99. The van der Waals surface area contributed by atoms with Crippen LogP contribution in [0.3, 0.4) is 0 Å². The largest absolute Gasteiger partial charge is 0.508 e. The number of ether oxygens (including phenoxy) is 1. The van der Waals surface area contributed by atoms with Crippen molar-refractivity contribution in [1.29, 1.82) is 0 Å². The summed E-state index contributed by atoms with van der Waals surface area (Å²) in [5.74, 6) is 0.892. The first-order valence-corrected chi connectivity index (χ1v) is 5.49. The maximum Gasteiger partial charge on any atom is 0.131 e. The molecule has 3 nitrogen and oxygen atoms in total. The van der Waals surface area contributed by atoms with E-state index in [1.807, 2.05) is 18.4 Å². The molecule has 0 aliphatic carbocycles. The number of aromatic hydroxyl groups is 1. The number of benzene rings is 1. The number of hydrogen-bond donors (Lipinski definition) is 1. The van der Waals surface area contributed by atoms with E-state index in [2.05, 4.69) is 4.98 Å². The normalized spacial score (nSPS) is 10.2. The van der Waals surface area contributed by atoms with Gasteiger partial charge in [-0.25, -0.2) is 4.98 Å². The van der Waals surface area contributed by atoms with E-state index in [0.717, 1.165) is 11.3 Å². The highest BCUT2D eigenvalue weighted by Crippen LogP contribution is 2.21. The van der Waals surface area contributed by atoms with Crippen LogP contribution in [-0.4, -0.2) is 10.1 Å². The van der Waals surface area contributed by atoms with Crippen molar-refractivity contribution in [2.75, 3.05) is 0 Å². The molecule has 78 valence electrons. The lowest BCUT2D eigenvalue weighted by Crippen LogP contribution is -1.95. The monoisotopic (exact) mass is 221 g/mol. The van der Waals surface area contributed by atoms with Gasteiger partial charge < -0.3 is 9.84 Å². The van der Waals surface area contributed by atoms with Gasteiger partial charge in [0.15, 0.2) is 0 Å². The maximum atomic E-state index is 9.36. The molecule has 0 radical (unpaired) electrons. The summed E-state index contributed by atoms with van der Waals surface area (Å²) in [7, 11) is 0. The summed E-state index contributed by atoms with van der Waals surface area (Å²) < 4.78 is 5.50. The molecule has 0 saturated carbocycles. The summed E-state index contributed by atoms with van der Waals surface area (Å²) in [5, 5.41) is 11.3. The zero-order valence-corrected chi connectivity index (χ0v) is 9.12. The number of aryl methyl sites for hydroxylation is 1. The van der Waals surface area contributed by atoms with Crippen molar-refractivity contribution in [3.63, 3.8) is 0 Å². The Bertz CT molecular complexity index is 420. The number of phenolic OH excluding ortho intramolecular Hbond substituents is 1. The minimum Gasteiger partial charge on any atom is -0.508 e. The molecule has 0 aliphatic rings. The van der Waals surface area contributed by atoms with Gasteiger partial charge in [0.25, 0.3) is 0 Å². The standard InChI is InChI=1S/C11H11NO2S/c1-8-2-10(13)4-11(3-8)14-5-9-6-15-7-12-9/h2-4,6-7,13H,5H2,1H3. The summed E-state index contributed by atoms with van der Waals surface area (Å²) in [6.45, 7) is 2.35. The van der Waals surface area contributed by atoms with E-state index in [1.165, 1.54) is 0 Å². The van der Waals surface area contributed by atoms with Gasteiger partial charge in [-0.3, -0.25) is 0 Å². The first-order chi connectivity index (χ1) is 7.24. The third kappa shape index (κ3) is 2.70. The molecule has 1 heterocycles. The van der Waals surface area contributed by atoms with E-state index < -0.39 is 0 Å². The lowest BCUT2D eigenvalue weighted by atomic mass is 10.2. The van der Waals surface area contributed by atoms with Crippen molar-refractivity contribution in [2.24, 2.45) is 0 Å². The molecule has 0 amide bonds. The van der Waals surface area contributed by atoms with Crippen LogP contribution in [0.25, 0.3) is 0 Å². The Morgan fingerprint density at radius 3 is 2.93 bits per heavy atom. The SMILES string of the molecule is Cc1cc(O)cc(OCc2cscn2)c1. The van der Waals surface area contributed by atoms with Crippen molar-refractivity contribution in [3.05, 3.63) is 40.3 Å². The fourth-order valence-corrected chi connectivity index (χ4v) is 1.82. The molecule has 2 aromatic rings. The summed E-state index contributed by atoms with van der Waals surface area (Å²) >= 11 is 1.54. The lowest BCUT2D eigenvalue weighted by molar-refractivity contribution is 0.300. The summed E-state index contributed by atoms with van der Waals surface area (Å²) in [6, 6.07) is 5.17. The van der Waals surface area contributed by atoms with Gasteiger partial charge in [0, 0.05) is 11.4 Å². The van der Waals surface area contributed by atoms with Crippen LogP contribution in [0.15, 0.2) is 29.1 Å². The molecular weight excluding hydrogens is 210 g/mol. The third-order valence-electron chi connectivity index (χ3n) is 1.91. The van der Waals surface area contributed by atoms with E-state index >= 15 is 0 Å². The highest BCUT2D eigenvalue weighted by Gasteiger charge is 2.00. The Balaban J connectivity index is 2.05. The van der Waals surface area contributed by atoms with Crippen molar-refractivity contribution in [2.45, 2.75) is 13.5 Å². The van der Waals surface area contributed by atoms with E-state index in [0.29, 0.717) is 12.4 Å². The molecule has 15 heavy (non-hydrogen) atoms. The minimum atomic E-state index is 0.225. The van der Waals surface area contributed by atoms with Gasteiger partial charge in [0.2, 0.25) is 0 Å². The first kappa shape index (κ1) is 9.98. The second-order valence-electron chi connectivity index (χ2n) is 3.27. The summed E-state index contributed by atoms with van der Waals surface area (Å²) in [5.41, 5.74) is 3.65. The average Bonchev–Trinajstić information content (AvgIpc) is 2.65. The van der Waals surface area contributed by atoms with E-state index in [4.69, 9.17) is 4.74 Å². The molecule has 2 rings (SSSR count). The fourth-order valence-electron chi connectivity index (χ4n) is 1.28. The van der Waals surface area contributed by atoms with Gasteiger partial charge in [-0.05, 0) is 24.6 Å². The molecule has 0 atom stereocenters. The van der Waals surface area contributed by atoms with E-state index in [9.17, 15) is 5.11 Å². The molecule has 0 spiro atoms. The van der Waals surface area contributed by atoms with Crippen LogP contribution in [0.4, 0.5) is 0 Å². The van der Waals surface area contributed by atoms with Crippen LogP contribution in [0.2, 0.25) is 0 Å². The Kier molecular flexibility index (Phi) is 2.87. The second kappa shape index (κ2) is 4.31. The van der Waals surface area contributed by atoms with Crippen molar-refractivity contribution in [3.8, 4) is 11.5 Å². The number of aromatic nitrogens is 1. The maximum absolute atomic E-state index is 9.36. The Hall–Kier alpha value is -1.55. The molecule has 1 aromatic carbocycles. The highest BCUT2D eigenvalue weighted by atomic mass is 32.1. The highest BCUT2D eigenvalue weighted by molar-refractivity contribution is 7.07. The number of thiazole rings is 1. The van der Waals surface area contributed by atoms with Crippen LogP contribution < -0.4 is 4.74 Å². The van der Waals surface area contributed by atoms with Crippen molar-refractivity contribution in [1.82, 2.24) is 4.98 Å². The molecule has 1 aromatic heterocycles. The Morgan fingerprint density at radius 1 is 1.40 bits per heavy atom. The molecule has 0 aliphatic heterocycles. The molecular formula is C11H11NO2S. The first-order valence-electron chi connectivity index (χ1n) is 4.54. The lowest BCUT2D eigenvalue weighted by Gasteiger charge is -2.05. The molecule has 4 heteroatoms. The average molecular weight is 221 g/mol. The molecule has 0 fully saturated rings. The summed E-state index contributed by atoms with van der Waals surface area (Å²) in [6.07, 6.45) is 0. The predicted molar refractivity (Wildman–Crippen MR) is 59.3 cm³/mol. The number of nitrogens with zero attached hydrogens (tertiary/aromatic N) is 1. The van der Waals surface area contributed by atoms with Gasteiger partial charge in [-0.1, -0.05) is 0 Å². The van der Waals surface area contributed by atoms with Crippen LogP contribution in [0.1, 0.15) is 11.3 Å². The van der Waals surface area contributed by atoms with Crippen LogP contribution in [0, 0.1) is 6.92 Å². The van der Waals surface area contributed by atoms with Crippen molar-refractivity contribution < 1.29 is 9.84 Å². The van der Waals surface area contributed by atoms with Gasteiger partial charge in [0.1, 0.15) is 18.1 Å². The van der Waals surface area contributed by atoms with Gasteiger partial charge in [-0.15, -0.1) is 11.3 Å². The zero-order chi connectivity index (χ0) is 10.7. The quantitative estimate of drug-likeness (QED) is 0.866. The van der Waals surface area contributed by atoms with Crippen LogP contribution in [-0.2, 0) is 6.61 Å². The van der Waals surface area contributed by atoms with Crippen molar-refractivity contribution >= 4 is 11.3 Å². The molecule has 0 unspecified atom stereocenters. The molecule has 0 bridgehead atoms. The Labute approximate surface area is 92.0 Å².